The number of nitrogens with one attached hydrogen (secondary N) is 2. The van der Waals surface area contributed by atoms with E-state index in [0.29, 0.717) is 39.8 Å². The van der Waals surface area contributed by atoms with Crippen molar-refractivity contribution in [3.63, 3.8) is 0 Å². The van der Waals surface area contributed by atoms with Gasteiger partial charge in [0.05, 0.1) is 22.6 Å². The minimum absolute atomic E-state index is 0.241. The highest BCUT2D eigenvalue weighted by Gasteiger charge is 2.16. The third kappa shape index (κ3) is 5.93. The lowest BCUT2D eigenvalue weighted by Crippen LogP contribution is -2.14. The molecular formula is C21H16F4N2OS2. The molecule has 3 aromatic rings. The van der Waals surface area contributed by atoms with Crippen molar-refractivity contribution in [2.24, 2.45) is 0 Å². The van der Waals surface area contributed by atoms with E-state index in [2.05, 4.69) is 10.6 Å². The van der Waals surface area contributed by atoms with Crippen LogP contribution < -0.4 is 10.6 Å². The number of hydrogen-bond donors (Lipinski definition) is 2. The molecule has 0 aliphatic carbocycles. The van der Waals surface area contributed by atoms with Crippen LogP contribution in [0.25, 0.3) is 0 Å². The molecule has 0 aliphatic rings. The van der Waals surface area contributed by atoms with Crippen LogP contribution in [0.15, 0.2) is 82.6 Å². The number of para-hydroxylation sites is 3. The lowest BCUT2D eigenvalue weighted by atomic mass is 10.1. The number of rotatable bonds is 8. The highest BCUT2D eigenvalue weighted by molar-refractivity contribution is 8.00. The van der Waals surface area contributed by atoms with Gasteiger partial charge in [0.1, 0.15) is 0 Å². The SMILES string of the molecule is O=C(Nc1ccccc1SC(F)F)c1ccccc1Nc1ccccc1SC(F)F. The second-order valence-corrected chi connectivity index (χ2v) is 7.94. The fourth-order valence-corrected chi connectivity index (χ4v) is 3.85. The molecule has 0 aliphatic heterocycles. The van der Waals surface area contributed by atoms with Crippen molar-refractivity contribution in [1.82, 2.24) is 0 Å². The molecule has 3 nitrogen and oxygen atoms in total. The van der Waals surface area contributed by atoms with E-state index >= 15 is 0 Å². The Morgan fingerprint density at radius 1 is 0.667 bits per heavy atom. The van der Waals surface area contributed by atoms with Gasteiger partial charge in [0.25, 0.3) is 17.4 Å². The molecule has 156 valence electrons. The van der Waals surface area contributed by atoms with E-state index in [4.69, 9.17) is 0 Å². The van der Waals surface area contributed by atoms with Crippen molar-refractivity contribution < 1.29 is 22.4 Å². The standard InChI is InChI=1S/C21H16F4N2OS2/c22-20(23)29-17-11-5-3-9-15(17)26-14-8-2-1-7-13(14)19(28)27-16-10-4-6-12-18(16)30-21(24)25/h1-12,20-21,26H,(H,27,28). The van der Waals surface area contributed by atoms with Crippen molar-refractivity contribution in [3.05, 3.63) is 78.4 Å². The van der Waals surface area contributed by atoms with Crippen LogP contribution in [0.1, 0.15) is 10.4 Å². The van der Waals surface area contributed by atoms with Gasteiger partial charge in [-0.2, -0.15) is 17.6 Å². The van der Waals surface area contributed by atoms with Gasteiger partial charge in [0, 0.05) is 9.79 Å². The van der Waals surface area contributed by atoms with Gasteiger partial charge in [-0.25, -0.2) is 0 Å². The number of halogens is 4. The van der Waals surface area contributed by atoms with Crippen LogP contribution in [0, 0.1) is 0 Å². The molecular weight excluding hydrogens is 436 g/mol. The Balaban J connectivity index is 1.85. The number of thioether (sulfide) groups is 2. The van der Waals surface area contributed by atoms with Crippen molar-refractivity contribution in [2.45, 2.75) is 21.3 Å². The van der Waals surface area contributed by atoms with Crippen LogP contribution >= 0.6 is 23.5 Å². The van der Waals surface area contributed by atoms with Crippen LogP contribution in [0.3, 0.4) is 0 Å². The van der Waals surface area contributed by atoms with E-state index in [-0.39, 0.29) is 16.1 Å². The molecule has 0 atom stereocenters. The average molecular weight is 452 g/mol. The Morgan fingerprint density at radius 3 is 1.73 bits per heavy atom. The van der Waals surface area contributed by atoms with Crippen LogP contribution in [0.5, 0.6) is 0 Å². The molecule has 0 bridgehead atoms. The minimum Gasteiger partial charge on any atom is -0.354 e. The number of alkyl halides is 4. The van der Waals surface area contributed by atoms with Crippen LogP contribution in [-0.2, 0) is 0 Å². The number of benzene rings is 3. The molecule has 3 rings (SSSR count). The summed E-state index contributed by atoms with van der Waals surface area (Å²) in [6.07, 6.45) is 0. The number of amides is 1. The molecule has 30 heavy (non-hydrogen) atoms. The molecule has 0 fully saturated rings. The van der Waals surface area contributed by atoms with E-state index < -0.39 is 17.4 Å². The van der Waals surface area contributed by atoms with E-state index in [1.54, 1.807) is 60.7 Å². The molecule has 0 heterocycles. The normalized spacial score (nSPS) is 11.0. The molecule has 0 saturated carbocycles. The first-order chi connectivity index (χ1) is 14.4. The Bertz CT molecular complexity index is 1020. The summed E-state index contributed by atoms with van der Waals surface area (Å²) in [5.41, 5.74) is 1.33. The summed E-state index contributed by atoms with van der Waals surface area (Å²) in [6.45, 7) is 0. The maximum atomic E-state index is 12.9. The van der Waals surface area contributed by atoms with Crippen molar-refractivity contribution in [3.8, 4) is 0 Å². The summed E-state index contributed by atoms with van der Waals surface area (Å²) in [5, 5.41) is 5.67. The molecule has 1 amide bonds. The lowest BCUT2D eigenvalue weighted by molar-refractivity contribution is 0.102. The Morgan fingerprint density at radius 2 is 1.13 bits per heavy atom. The van der Waals surface area contributed by atoms with E-state index in [1.165, 1.54) is 12.1 Å². The van der Waals surface area contributed by atoms with Gasteiger partial charge in [-0.1, -0.05) is 59.9 Å². The molecule has 0 aromatic heterocycles. The number of carbonyl (C=O) groups excluding carboxylic acids is 1. The zero-order valence-electron chi connectivity index (χ0n) is 15.3. The third-order valence-corrected chi connectivity index (χ3v) is 5.47. The van der Waals surface area contributed by atoms with Gasteiger partial charge in [-0.05, 0) is 36.4 Å². The smallest absolute Gasteiger partial charge is 0.288 e. The van der Waals surface area contributed by atoms with Gasteiger partial charge in [-0.15, -0.1) is 0 Å². The number of hydrogen-bond acceptors (Lipinski definition) is 4. The van der Waals surface area contributed by atoms with Crippen LogP contribution in [0.4, 0.5) is 34.6 Å². The summed E-state index contributed by atoms with van der Waals surface area (Å²) in [7, 11) is 0. The molecule has 2 N–H and O–H groups in total. The number of carbonyl (C=O) groups is 1. The minimum atomic E-state index is -2.62. The third-order valence-electron chi connectivity index (χ3n) is 3.90. The van der Waals surface area contributed by atoms with Crippen LogP contribution in [-0.4, -0.2) is 17.4 Å². The van der Waals surface area contributed by atoms with E-state index in [9.17, 15) is 22.4 Å². The Labute approximate surface area is 179 Å². The summed E-state index contributed by atoms with van der Waals surface area (Å²) >= 11 is 0.738. The zero-order chi connectivity index (χ0) is 21.5. The van der Waals surface area contributed by atoms with Gasteiger partial charge in [0.15, 0.2) is 0 Å². The second kappa shape index (κ2) is 10.4. The van der Waals surface area contributed by atoms with Gasteiger partial charge in [0.2, 0.25) is 0 Å². The average Bonchev–Trinajstić information content (AvgIpc) is 2.70. The molecule has 0 spiro atoms. The predicted molar refractivity (Wildman–Crippen MR) is 114 cm³/mol. The Hall–Kier alpha value is -2.65. The molecule has 0 unspecified atom stereocenters. The zero-order valence-corrected chi connectivity index (χ0v) is 17.0. The topological polar surface area (TPSA) is 41.1 Å². The fourth-order valence-electron chi connectivity index (χ4n) is 2.66. The fraction of sp³-hybridized carbons (Fsp3) is 0.0952. The molecule has 0 saturated heterocycles. The highest BCUT2D eigenvalue weighted by atomic mass is 32.2. The highest BCUT2D eigenvalue weighted by Crippen LogP contribution is 2.35. The van der Waals surface area contributed by atoms with Crippen molar-refractivity contribution in [2.75, 3.05) is 10.6 Å². The van der Waals surface area contributed by atoms with Crippen molar-refractivity contribution >= 4 is 46.5 Å². The van der Waals surface area contributed by atoms with Gasteiger partial charge in [-0.3, -0.25) is 4.79 Å². The Kier molecular flexibility index (Phi) is 7.64. The predicted octanol–water partition coefficient (Wildman–Crippen LogP) is 7.31. The monoisotopic (exact) mass is 452 g/mol. The van der Waals surface area contributed by atoms with Crippen molar-refractivity contribution in [1.29, 1.82) is 0 Å². The molecule has 3 aromatic carbocycles. The maximum absolute atomic E-state index is 12.9. The number of anilines is 3. The lowest BCUT2D eigenvalue weighted by Gasteiger charge is -2.16. The molecule has 9 heteroatoms. The summed E-state index contributed by atoms with van der Waals surface area (Å²) in [5.74, 6) is -5.73. The summed E-state index contributed by atoms with van der Waals surface area (Å²) in [6, 6.07) is 19.3. The largest absolute Gasteiger partial charge is 0.354 e. The van der Waals surface area contributed by atoms with Crippen LogP contribution in [0.2, 0.25) is 0 Å². The summed E-state index contributed by atoms with van der Waals surface area (Å²) < 4.78 is 51.2. The first-order valence-corrected chi connectivity index (χ1v) is 10.4. The second-order valence-electron chi connectivity index (χ2n) is 5.87. The maximum Gasteiger partial charge on any atom is 0.288 e. The van der Waals surface area contributed by atoms with E-state index in [0.717, 1.165) is 0 Å². The van der Waals surface area contributed by atoms with Gasteiger partial charge >= 0.3 is 0 Å². The quantitative estimate of drug-likeness (QED) is 0.278. The van der Waals surface area contributed by atoms with E-state index in [1.807, 2.05) is 0 Å². The first kappa shape index (κ1) is 22.0. The summed E-state index contributed by atoms with van der Waals surface area (Å²) in [4.78, 5) is 13.4. The first-order valence-electron chi connectivity index (χ1n) is 8.69. The van der Waals surface area contributed by atoms with Gasteiger partial charge < -0.3 is 10.6 Å². The molecule has 0 radical (unpaired) electrons.